The zero-order chi connectivity index (χ0) is 22.4. The lowest BCUT2D eigenvalue weighted by Crippen LogP contribution is -2.48. The van der Waals surface area contributed by atoms with Crippen molar-refractivity contribution in [3.63, 3.8) is 0 Å². The molecule has 6 rings (SSSR count). The molecule has 0 radical (unpaired) electrons. The fourth-order valence-electron chi connectivity index (χ4n) is 6.02. The smallest absolute Gasteiger partial charge is 0.410 e. The number of fused-ring (bicyclic) bond motifs is 5. The molecule has 2 fully saturated rings. The minimum Gasteiger partial charge on any atom is -0.445 e. The van der Waals surface area contributed by atoms with Crippen LogP contribution in [0.3, 0.4) is 0 Å². The van der Waals surface area contributed by atoms with E-state index >= 15 is 0 Å². The first-order chi connectivity index (χ1) is 16.2. The van der Waals surface area contributed by atoms with Gasteiger partial charge in [-0.1, -0.05) is 66.7 Å². The molecule has 0 spiro atoms. The molecular formula is C29H27NO3. The molecule has 1 aliphatic carbocycles. The van der Waals surface area contributed by atoms with Crippen molar-refractivity contribution in [2.75, 3.05) is 0 Å². The van der Waals surface area contributed by atoms with Crippen molar-refractivity contribution in [2.45, 2.75) is 50.8 Å². The van der Waals surface area contributed by atoms with E-state index in [1.54, 1.807) is 0 Å². The number of hydrogen-bond acceptors (Lipinski definition) is 3. The van der Waals surface area contributed by atoms with Gasteiger partial charge in [0.25, 0.3) is 0 Å². The highest BCUT2D eigenvalue weighted by Gasteiger charge is 2.46. The first kappa shape index (κ1) is 20.2. The Morgan fingerprint density at radius 2 is 1.52 bits per heavy atom. The number of hydrogen-bond donors (Lipinski definition) is 0. The second kappa shape index (κ2) is 8.18. The van der Waals surface area contributed by atoms with E-state index in [1.165, 1.54) is 22.3 Å². The van der Waals surface area contributed by atoms with Gasteiger partial charge < -0.3 is 9.64 Å². The van der Waals surface area contributed by atoms with Gasteiger partial charge in [-0.15, -0.1) is 0 Å². The highest BCUT2D eigenvalue weighted by atomic mass is 16.6. The van der Waals surface area contributed by atoms with E-state index < -0.39 is 0 Å². The normalized spacial score (nSPS) is 22.5. The summed E-state index contributed by atoms with van der Waals surface area (Å²) in [5.41, 5.74) is 6.91. The van der Waals surface area contributed by atoms with Crippen LogP contribution in [0.2, 0.25) is 0 Å². The monoisotopic (exact) mass is 437 g/mol. The number of carbonyl (C=O) groups excluding carboxylic acids is 2. The Balaban J connectivity index is 1.13. The van der Waals surface area contributed by atoms with Gasteiger partial charge in [-0.05, 0) is 66.0 Å². The van der Waals surface area contributed by atoms with Crippen molar-refractivity contribution >= 4 is 11.9 Å². The van der Waals surface area contributed by atoms with Gasteiger partial charge in [-0.25, -0.2) is 4.79 Å². The Bertz CT molecular complexity index is 1200. The SMILES string of the molecule is O=C(c1ccc2c(c1)Cc1ccccc1-2)C1CC2CCC(C1)N2C(=O)OCc1ccccc1. The quantitative estimate of drug-likeness (QED) is 0.367. The number of carbonyl (C=O) groups is 2. The van der Waals surface area contributed by atoms with E-state index in [0.717, 1.165) is 43.2 Å². The fourth-order valence-corrected chi connectivity index (χ4v) is 6.02. The lowest BCUT2D eigenvalue weighted by atomic mass is 9.84. The van der Waals surface area contributed by atoms with Crippen LogP contribution in [-0.2, 0) is 17.8 Å². The molecule has 2 aliphatic heterocycles. The van der Waals surface area contributed by atoms with Gasteiger partial charge in [-0.3, -0.25) is 4.79 Å². The predicted octanol–water partition coefficient (Wildman–Crippen LogP) is 6.02. The Kier molecular flexibility index (Phi) is 5.01. The van der Waals surface area contributed by atoms with Crippen LogP contribution in [0.4, 0.5) is 4.79 Å². The van der Waals surface area contributed by atoms with Gasteiger partial charge in [0.05, 0.1) is 0 Å². The average molecular weight is 438 g/mol. The summed E-state index contributed by atoms with van der Waals surface area (Å²) in [6, 6.07) is 24.6. The molecule has 0 aromatic heterocycles. The zero-order valence-corrected chi connectivity index (χ0v) is 18.6. The molecule has 3 aromatic carbocycles. The summed E-state index contributed by atoms with van der Waals surface area (Å²) in [5.74, 6) is 0.200. The second-order valence-corrected chi connectivity index (χ2v) is 9.57. The van der Waals surface area contributed by atoms with Gasteiger partial charge in [0.1, 0.15) is 6.61 Å². The third-order valence-electron chi connectivity index (χ3n) is 7.60. The number of piperidine rings is 1. The maximum Gasteiger partial charge on any atom is 0.410 e. The number of amides is 1. The van der Waals surface area contributed by atoms with Crippen molar-refractivity contribution in [3.05, 3.63) is 95.1 Å². The van der Waals surface area contributed by atoms with Gasteiger partial charge in [0, 0.05) is 23.6 Å². The number of benzene rings is 3. The van der Waals surface area contributed by atoms with E-state index in [9.17, 15) is 9.59 Å². The maximum absolute atomic E-state index is 13.4. The fraction of sp³-hybridized carbons (Fsp3) is 0.310. The Hall–Kier alpha value is -3.40. The Morgan fingerprint density at radius 1 is 0.818 bits per heavy atom. The average Bonchev–Trinajstić information content (AvgIpc) is 3.36. The summed E-state index contributed by atoms with van der Waals surface area (Å²) in [6.07, 6.45) is 4.01. The molecule has 4 nitrogen and oxygen atoms in total. The molecule has 33 heavy (non-hydrogen) atoms. The molecule has 4 heteroatoms. The summed E-state index contributed by atoms with van der Waals surface area (Å²) >= 11 is 0. The van der Waals surface area contributed by atoms with Crippen LogP contribution in [0.5, 0.6) is 0 Å². The molecule has 2 saturated heterocycles. The van der Waals surface area contributed by atoms with Gasteiger partial charge >= 0.3 is 6.09 Å². The molecule has 3 aliphatic rings. The van der Waals surface area contributed by atoms with Gasteiger partial charge in [-0.2, -0.15) is 0 Å². The minimum atomic E-state index is -0.243. The van der Waals surface area contributed by atoms with Crippen molar-refractivity contribution in [1.82, 2.24) is 4.90 Å². The topological polar surface area (TPSA) is 46.6 Å². The maximum atomic E-state index is 13.4. The number of nitrogens with zero attached hydrogens (tertiary/aromatic N) is 1. The van der Waals surface area contributed by atoms with Crippen LogP contribution in [0.1, 0.15) is 52.7 Å². The van der Waals surface area contributed by atoms with Crippen LogP contribution < -0.4 is 0 Å². The van der Waals surface area contributed by atoms with Gasteiger partial charge in [0.15, 0.2) is 5.78 Å². The van der Waals surface area contributed by atoms with Crippen LogP contribution in [-0.4, -0.2) is 28.9 Å². The van der Waals surface area contributed by atoms with Gasteiger partial charge in [0.2, 0.25) is 0 Å². The van der Waals surface area contributed by atoms with Crippen LogP contribution in [0.15, 0.2) is 72.8 Å². The molecule has 3 aromatic rings. The number of ketones is 1. The molecule has 0 saturated carbocycles. The number of rotatable bonds is 4. The molecule has 1 amide bonds. The van der Waals surface area contributed by atoms with E-state index in [-0.39, 0.29) is 36.5 Å². The van der Waals surface area contributed by atoms with Crippen molar-refractivity contribution < 1.29 is 14.3 Å². The van der Waals surface area contributed by atoms with E-state index in [0.29, 0.717) is 0 Å². The predicted molar refractivity (Wildman–Crippen MR) is 127 cm³/mol. The first-order valence-corrected chi connectivity index (χ1v) is 11.9. The van der Waals surface area contributed by atoms with E-state index in [1.807, 2.05) is 41.3 Å². The zero-order valence-electron chi connectivity index (χ0n) is 18.6. The highest BCUT2D eigenvalue weighted by molar-refractivity contribution is 5.99. The molecular weight excluding hydrogens is 410 g/mol. The summed E-state index contributed by atoms with van der Waals surface area (Å²) < 4.78 is 5.61. The van der Waals surface area contributed by atoms with Crippen molar-refractivity contribution in [1.29, 1.82) is 0 Å². The molecule has 2 heterocycles. The van der Waals surface area contributed by atoms with E-state index in [2.05, 4.69) is 36.4 Å². The molecule has 2 atom stereocenters. The lowest BCUT2D eigenvalue weighted by Gasteiger charge is -2.37. The summed E-state index contributed by atoms with van der Waals surface area (Å²) in [5, 5.41) is 0. The van der Waals surface area contributed by atoms with Crippen molar-refractivity contribution in [2.24, 2.45) is 5.92 Å². The molecule has 2 unspecified atom stereocenters. The Labute approximate surface area is 194 Å². The summed E-state index contributed by atoms with van der Waals surface area (Å²) in [7, 11) is 0. The third-order valence-corrected chi connectivity index (χ3v) is 7.60. The summed E-state index contributed by atoms with van der Waals surface area (Å²) in [6.45, 7) is 0.287. The standard InChI is InChI=1S/C29H27NO3/c31-28(21-10-13-27-22(15-21)14-20-8-4-5-9-26(20)27)23-16-24-11-12-25(17-23)30(24)29(32)33-18-19-6-2-1-3-7-19/h1-10,13,15,23-25H,11-12,14,16-18H2. The first-order valence-electron chi connectivity index (χ1n) is 11.9. The van der Waals surface area contributed by atoms with Crippen LogP contribution in [0.25, 0.3) is 11.1 Å². The van der Waals surface area contributed by atoms with Crippen LogP contribution >= 0.6 is 0 Å². The summed E-state index contributed by atoms with van der Waals surface area (Å²) in [4.78, 5) is 28.2. The van der Waals surface area contributed by atoms with Crippen LogP contribution in [0, 0.1) is 5.92 Å². The number of Topliss-reactive ketones (excluding diaryl/α,β-unsaturated/α-hetero) is 1. The highest BCUT2D eigenvalue weighted by Crippen LogP contribution is 2.41. The van der Waals surface area contributed by atoms with Crippen molar-refractivity contribution in [3.8, 4) is 11.1 Å². The lowest BCUT2D eigenvalue weighted by molar-refractivity contribution is 0.0485. The Morgan fingerprint density at radius 3 is 2.30 bits per heavy atom. The molecule has 166 valence electrons. The minimum absolute atomic E-state index is 0.0255. The number of ether oxygens (including phenoxy) is 1. The largest absolute Gasteiger partial charge is 0.445 e. The molecule has 0 N–H and O–H groups in total. The third kappa shape index (κ3) is 3.64. The second-order valence-electron chi connectivity index (χ2n) is 9.57. The van der Waals surface area contributed by atoms with E-state index in [4.69, 9.17) is 4.74 Å². The molecule has 2 bridgehead atoms.